The minimum atomic E-state index is -0.577. The van der Waals surface area contributed by atoms with E-state index in [1.165, 1.54) is 19.3 Å². The molecule has 0 spiro atoms. The fourth-order valence-electron chi connectivity index (χ4n) is 4.72. The van der Waals surface area contributed by atoms with Gasteiger partial charge in [0, 0.05) is 12.5 Å². The lowest BCUT2D eigenvalue weighted by molar-refractivity contribution is -0.145. The lowest BCUT2D eigenvalue weighted by atomic mass is 9.81. The third kappa shape index (κ3) is 7.15. The zero-order valence-electron chi connectivity index (χ0n) is 19.3. The van der Waals surface area contributed by atoms with Crippen LogP contribution in [-0.4, -0.2) is 36.9 Å². The van der Waals surface area contributed by atoms with Crippen LogP contribution in [0.15, 0.2) is 24.3 Å². The molecule has 1 aromatic carbocycles. The molecule has 2 aliphatic rings. The molecule has 1 heterocycles. The van der Waals surface area contributed by atoms with Crippen LogP contribution in [-0.2, 0) is 20.7 Å². The largest absolute Gasteiger partial charge is 0.497 e. The quantitative estimate of drug-likeness (QED) is 0.613. The van der Waals surface area contributed by atoms with E-state index in [9.17, 15) is 9.59 Å². The van der Waals surface area contributed by atoms with Gasteiger partial charge in [0.2, 0.25) is 0 Å². The fraction of sp³-hybridized carbons (Fsp3) is 0.680. The van der Waals surface area contributed by atoms with Gasteiger partial charge in [-0.1, -0.05) is 44.2 Å². The van der Waals surface area contributed by atoms with Gasteiger partial charge in [0.05, 0.1) is 13.0 Å². The van der Waals surface area contributed by atoms with E-state index in [4.69, 9.17) is 14.2 Å². The van der Waals surface area contributed by atoms with Crippen molar-refractivity contribution in [2.75, 3.05) is 7.11 Å². The van der Waals surface area contributed by atoms with Gasteiger partial charge in [-0.3, -0.25) is 4.79 Å². The van der Waals surface area contributed by atoms with Crippen molar-refractivity contribution >= 4 is 12.1 Å². The summed E-state index contributed by atoms with van der Waals surface area (Å²) >= 11 is 0. The average molecular weight is 432 g/mol. The van der Waals surface area contributed by atoms with Crippen molar-refractivity contribution in [3.63, 3.8) is 0 Å². The third-order valence-electron chi connectivity index (χ3n) is 6.22. The minimum absolute atomic E-state index is 0.180. The third-order valence-corrected chi connectivity index (χ3v) is 6.22. The maximum absolute atomic E-state index is 12.8. The highest BCUT2D eigenvalue weighted by Gasteiger charge is 2.41. The molecule has 0 unspecified atom stereocenters. The Kier molecular flexibility index (Phi) is 7.84. The topological polar surface area (TPSA) is 73.9 Å². The van der Waals surface area contributed by atoms with Gasteiger partial charge in [-0.2, -0.15) is 0 Å². The Morgan fingerprint density at radius 3 is 2.45 bits per heavy atom. The lowest BCUT2D eigenvalue weighted by Gasteiger charge is -2.30. The molecule has 0 radical (unpaired) electrons. The van der Waals surface area contributed by atoms with Gasteiger partial charge in [0.1, 0.15) is 17.5 Å². The number of rotatable bonds is 7. The van der Waals surface area contributed by atoms with Crippen molar-refractivity contribution in [1.29, 1.82) is 0 Å². The first-order chi connectivity index (χ1) is 14.7. The molecule has 0 bridgehead atoms. The zero-order valence-corrected chi connectivity index (χ0v) is 19.3. The predicted molar refractivity (Wildman–Crippen MR) is 119 cm³/mol. The molecular weight excluding hydrogens is 394 g/mol. The monoisotopic (exact) mass is 431 g/mol. The number of nitrogens with one attached hydrogen (secondary N) is 1. The van der Waals surface area contributed by atoms with E-state index in [0.29, 0.717) is 18.8 Å². The van der Waals surface area contributed by atoms with Crippen LogP contribution in [0.4, 0.5) is 4.79 Å². The number of alkyl carbamates (subject to hydrolysis) is 1. The number of carbonyl (C=O) groups excluding carboxylic acids is 2. The van der Waals surface area contributed by atoms with Crippen LogP contribution in [0.3, 0.4) is 0 Å². The highest BCUT2D eigenvalue weighted by molar-refractivity contribution is 5.77. The van der Waals surface area contributed by atoms with Gasteiger partial charge in [0.15, 0.2) is 0 Å². The van der Waals surface area contributed by atoms with Crippen molar-refractivity contribution in [2.45, 2.75) is 89.9 Å². The molecule has 2 fully saturated rings. The molecule has 172 valence electrons. The number of ether oxygens (including phenoxy) is 3. The molecular formula is C25H37NO5. The number of cyclic esters (lactones) is 1. The van der Waals surface area contributed by atoms with Crippen LogP contribution in [0, 0.1) is 11.8 Å². The summed E-state index contributed by atoms with van der Waals surface area (Å²) in [5, 5.41) is 3.01. The van der Waals surface area contributed by atoms with Gasteiger partial charge < -0.3 is 19.5 Å². The summed E-state index contributed by atoms with van der Waals surface area (Å²) in [5.41, 5.74) is 0.523. The van der Waals surface area contributed by atoms with E-state index in [0.717, 1.165) is 30.6 Å². The van der Waals surface area contributed by atoms with Crippen molar-refractivity contribution < 1.29 is 23.8 Å². The second-order valence-electron chi connectivity index (χ2n) is 9.95. The highest BCUT2D eigenvalue weighted by Crippen LogP contribution is 2.34. The van der Waals surface area contributed by atoms with Gasteiger partial charge in [0.25, 0.3) is 0 Å². The molecule has 31 heavy (non-hydrogen) atoms. The summed E-state index contributed by atoms with van der Waals surface area (Å²) in [6, 6.07) is 7.57. The van der Waals surface area contributed by atoms with Crippen molar-refractivity contribution in [3.05, 3.63) is 29.8 Å². The first kappa shape index (κ1) is 23.4. The summed E-state index contributed by atoms with van der Waals surface area (Å²) in [6.07, 6.45) is 7.46. The van der Waals surface area contributed by atoms with Crippen molar-refractivity contribution in [2.24, 2.45) is 11.8 Å². The van der Waals surface area contributed by atoms with E-state index in [1.807, 2.05) is 45.0 Å². The Morgan fingerprint density at radius 2 is 1.84 bits per heavy atom. The first-order valence-electron chi connectivity index (χ1n) is 11.6. The van der Waals surface area contributed by atoms with Gasteiger partial charge in [-0.15, -0.1) is 0 Å². The molecule has 1 aliphatic carbocycles. The summed E-state index contributed by atoms with van der Waals surface area (Å²) in [4.78, 5) is 25.3. The number of carbonyl (C=O) groups is 2. The Hall–Kier alpha value is -2.24. The van der Waals surface area contributed by atoms with E-state index < -0.39 is 11.7 Å². The molecule has 1 aliphatic heterocycles. The van der Waals surface area contributed by atoms with Crippen molar-refractivity contribution in [3.8, 4) is 5.75 Å². The molecule has 1 aromatic rings. The Morgan fingerprint density at radius 1 is 1.16 bits per heavy atom. The van der Waals surface area contributed by atoms with E-state index in [-0.39, 0.29) is 24.0 Å². The summed E-state index contributed by atoms with van der Waals surface area (Å²) in [7, 11) is 1.64. The SMILES string of the molecule is COc1ccc(C[C@@H]2C[C@H]([C@H](CC3CCCCC3)NC(=O)OC(C)(C)C)C(=O)O2)cc1. The Bertz CT molecular complexity index is 733. The number of hydrogen-bond donors (Lipinski definition) is 1. The molecule has 1 saturated heterocycles. The number of methoxy groups -OCH3 is 1. The predicted octanol–water partition coefficient (Wildman–Crippen LogP) is 5.03. The maximum atomic E-state index is 12.8. The van der Waals surface area contributed by atoms with Gasteiger partial charge >= 0.3 is 12.1 Å². The molecule has 1 amide bonds. The molecule has 1 N–H and O–H groups in total. The van der Waals surface area contributed by atoms with E-state index >= 15 is 0 Å². The zero-order chi connectivity index (χ0) is 22.4. The second kappa shape index (κ2) is 10.4. The van der Waals surface area contributed by atoms with E-state index in [1.54, 1.807) is 7.11 Å². The van der Waals surface area contributed by atoms with Crippen LogP contribution in [0.2, 0.25) is 0 Å². The van der Waals surface area contributed by atoms with Crippen LogP contribution >= 0.6 is 0 Å². The highest BCUT2D eigenvalue weighted by atomic mass is 16.6. The van der Waals surface area contributed by atoms with Crippen LogP contribution in [0.5, 0.6) is 5.75 Å². The van der Waals surface area contributed by atoms with Crippen LogP contribution < -0.4 is 10.1 Å². The molecule has 6 nitrogen and oxygen atoms in total. The Labute approximate surface area is 186 Å². The fourth-order valence-corrected chi connectivity index (χ4v) is 4.72. The van der Waals surface area contributed by atoms with Crippen LogP contribution in [0.25, 0.3) is 0 Å². The number of esters is 1. The number of amides is 1. The smallest absolute Gasteiger partial charge is 0.407 e. The van der Waals surface area contributed by atoms with Crippen molar-refractivity contribution in [1.82, 2.24) is 5.32 Å². The second-order valence-corrected chi connectivity index (χ2v) is 9.95. The number of hydrogen-bond acceptors (Lipinski definition) is 5. The molecule has 3 rings (SSSR count). The Balaban J connectivity index is 1.66. The standard InChI is InChI=1S/C25H37NO5/c1-25(2,3)31-24(28)26-22(15-17-8-6-5-7-9-17)21-16-20(30-23(21)27)14-18-10-12-19(29-4)13-11-18/h10-13,17,20-22H,5-9,14-16H2,1-4H3,(H,26,28)/t20-,21-,22+/m1/s1. The summed E-state index contributed by atoms with van der Waals surface area (Å²) in [6.45, 7) is 5.53. The molecule has 6 heteroatoms. The molecule has 0 aromatic heterocycles. The molecule has 1 saturated carbocycles. The average Bonchev–Trinajstić information content (AvgIpc) is 3.07. The lowest BCUT2D eigenvalue weighted by Crippen LogP contribution is -2.45. The first-order valence-corrected chi connectivity index (χ1v) is 11.6. The number of benzene rings is 1. The normalized spacial score (nSPS) is 23.2. The van der Waals surface area contributed by atoms with Gasteiger partial charge in [-0.05, 0) is 57.2 Å². The van der Waals surface area contributed by atoms with Crippen LogP contribution in [0.1, 0.15) is 71.3 Å². The minimum Gasteiger partial charge on any atom is -0.497 e. The summed E-state index contributed by atoms with van der Waals surface area (Å²) < 4.78 is 16.4. The molecule has 3 atom stereocenters. The van der Waals surface area contributed by atoms with E-state index in [2.05, 4.69) is 5.32 Å². The maximum Gasteiger partial charge on any atom is 0.407 e. The summed E-state index contributed by atoms with van der Waals surface area (Å²) in [5.74, 6) is 0.786. The van der Waals surface area contributed by atoms with Gasteiger partial charge in [-0.25, -0.2) is 4.79 Å².